The second-order valence-electron chi connectivity index (χ2n) is 4.57. The number of carboxylic acids is 1. The SMILES string of the molecule is CS(=O)(=O)c1cc(C(=O)NC2(C(=O)O)CCOC2)cs1. The van der Waals surface area contributed by atoms with Crippen LogP contribution >= 0.6 is 11.3 Å². The topological polar surface area (TPSA) is 110 Å². The average molecular weight is 319 g/mol. The summed E-state index contributed by atoms with van der Waals surface area (Å²) in [5.41, 5.74) is -1.31. The molecule has 9 heteroatoms. The van der Waals surface area contributed by atoms with Crippen molar-refractivity contribution in [2.45, 2.75) is 16.2 Å². The standard InChI is InChI=1S/C11H13NO6S2/c1-20(16,17)8-4-7(5-19-8)9(13)12-11(10(14)15)2-3-18-6-11/h4-5H,2-3,6H2,1H3,(H,12,13)(H,14,15). The largest absolute Gasteiger partial charge is 0.479 e. The van der Waals surface area contributed by atoms with Crippen molar-refractivity contribution in [3.63, 3.8) is 0 Å². The first kappa shape index (κ1) is 14.9. The van der Waals surface area contributed by atoms with Crippen LogP contribution in [-0.2, 0) is 19.4 Å². The molecule has 1 atom stereocenters. The van der Waals surface area contributed by atoms with Gasteiger partial charge in [0.05, 0.1) is 12.2 Å². The minimum atomic E-state index is -3.38. The Labute approximate surface area is 119 Å². The average Bonchev–Trinajstić information content (AvgIpc) is 2.96. The number of hydrogen-bond acceptors (Lipinski definition) is 6. The molecule has 2 N–H and O–H groups in total. The van der Waals surface area contributed by atoms with Gasteiger partial charge < -0.3 is 15.2 Å². The van der Waals surface area contributed by atoms with E-state index in [1.54, 1.807) is 0 Å². The van der Waals surface area contributed by atoms with E-state index in [2.05, 4.69) is 5.32 Å². The first-order chi connectivity index (χ1) is 9.24. The Bertz CT molecular complexity index is 642. The minimum absolute atomic E-state index is 0.0645. The molecule has 1 unspecified atom stereocenters. The Morgan fingerprint density at radius 3 is 2.65 bits per heavy atom. The number of aliphatic carboxylic acids is 1. The lowest BCUT2D eigenvalue weighted by atomic mass is 9.98. The van der Waals surface area contributed by atoms with Gasteiger partial charge in [-0.2, -0.15) is 0 Å². The summed E-state index contributed by atoms with van der Waals surface area (Å²) in [6.45, 7) is 0.155. The third-order valence-electron chi connectivity index (χ3n) is 2.99. The van der Waals surface area contributed by atoms with Crippen LogP contribution in [0.1, 0.15) is 16.8 Å². The molecule has 0 spiro atoms. The molecule has 1 amide bonds. The van der Waals surface area contributed by atoms with E-state index in [9.17, 15) is 23.1 Å². The molecule has 0 saturated carbocycles. The van der Waals surface area contributed by atoms with Crippen molar-refractivity contribution in [3.8, 4) is 0 Å². The zero-order valence-corrected chi connectivity index (χ0v) is 12.2. The normalized spacial score (nSPS) is 22.6. The van der Waals surface area contributed by atoms with Gasteiger partial charge in [0.2, 0.25) is 0 Å². The van der Waals surface area contributed by atoms with Crippen LogP contribution in [0.15, 0.2) is 15.7 Å². The van der Waals surface area contributed by atoms with Crippen LogP contribution in [0.4, 0.5) is 0 Å². The van der Waals surface area contributed by atoms with E-state index in [1.165, 1.54) is 11.4 Å². The predicted octanol–water partition coefficient (Wildman–Crippen LogP) is 0.125. The molecule has 20 heavy (non-hydrogen) atoms. The number of sulfone groups is 1. The highest BCUT2D eigenvalue weighted by Crippen LogP contribution is 2.23. The predicted molar refractivity (Wildman–Crippen MR) is 70.7 cm³/mol. The lowest BCUT2D eigenvalue weighted by molar-refractivity contribution is -0.144. The number of carbonyl (C=O) groups excluding carboxylic acids is 1. The quantitative estimate of drug-likeness (QED) is 0.816. The summed E-state index contributed by atoms with van der Waals surface area (Å²) in [6.07, 6.45) is 1.22. The van der Waals surface area contributed by atoms with E-state index in [0.717, 1.165) is 17.6 Å². The maximum atomic E-state index is 12.0. The first-order valence-electron chi connectivity index (χ1n) is 5.67. The maximum absolute atomic E-state index is 12.0. The molecule has 0 radical (unpaired) electrons. The summed E-state index contributed by atoms with van der Waals surface area (Å²) in [6, 6.07) is 1.24. The van der Waals surface area contributed by atoms with Gasteiger partial charge in [-0.05, 0) is 6.07 Å². The fourth-order valence-electron chi connectivity index (χ4n) is 1.81. The van der Waals surface area contributed by atoms with Crippen molar-refractivity contribution < 1.29 is 27.9 Å². The summed E-state index contributed by atoms with van der Waals surface area (Å²) in [7, 11) is -3.38. The molecule has 0 aliphatic carbocycles. The Kier molecular flexibility index (Phi) is 3.85. The van der Waals surface area contributed by atoms with Crippen LogP contribution in [0.5, 0.6) is 0 Å². The Balaban J connectivity index is 2.20. The maximum Gasteiger partial charge on any atom is 0.331 e. The molecular weight excluding hydrogens is 306 g/mol. The lowest BCUT2D eigenvalue weighted by Gasteiger charge is -2.23. The number of amides is 1. The molecule has 7 nitrogen and oxygen atoms in total. The molecule has 2 rings (SSSR count). The zero-order valence-electron chi connectivity index (χ0n) is 10.6. The van der Waals surface area contributed by atoms with Crippen LogP contribution < -0.4 is 5.32 Å². The summed E-state index contributed by atoms with van der Waals surface area (Å²) >= 11 is 0.923. The zero-order chi connectivity index (χ0) is 15.0. The van der Waals surface area contributed by atoms with Gasteiger partial charge in [-0.25, -0.2) is 13.2 Å². The van der Waals surface area contributed by atoms with E-state index in [-0.39, 0.29) is 29.4 Å². The fraction of sp³-hybridized carbons (Fsp3) is 0.455. The Morgan fingerprint density at radius 2 is 2.20 bits per heavy atom. The highest BCUT2D eigenvalue weighted by Gasteiger charge is 2.44. The summed E-state index contributed by atoms with van der Waals surface area (Å²) in [4.78, 5) is 23.3. The number of thiophene rings is 1. The van der Waals surface area contributed by atoms with Crippen LogP contribution in [0.3, 0.4) is 0 Å². The first-order valence-corrected chi connectivity index (χ1v) is 8.44. The Hall–Kier alpha value is -1.45. The lowest BCUT2D eigenvalue weighted by Crippen LogP contribution is -2.55. The molecule has 1 fully saturated rings. The molecular formula is C11H13NO6S2. The molecule has 1 aliphatic rings. The van der Waals surface area contributed by atoms with Gasteiger partial charge >= 0.3 is 5.97 Å². The molecule has 1 aliphatic heterocycles. The number of rotatable bonds is 4. The van der Waals surface area contributed by atoms with Gasteiger partial charge in [0.25, 0.3) is 5.91 Å². The molecule has 1 saturated heterocycles. The molecule has 1 aromatic rings. The molecule has 0 bridgehead atoms. The highest BCUT2D eigenvalue weighted by atomic mass is 32.2. The Morgan fingerprint density at radius 1 is 1.50 bits per heavy atom. The van der Waals surface area contributed by atoms with Crippen molar-refractivity contribution in [3.05, 3.63) is 17.0 Å². The van der Waals surface area contributed by atoms with Gasteiger partial charge in [-0.1, -0.05) is 0 Å². The number of carboxylic acid groups (broad SMARTS) is 1. The van der Waals surface area contributed by atoms with E-state index in [4.69, 9.17) is 4.74 Å². The number of nitrogens with one attached hydrogen (secondary N) is 1. The number of ether oxygens (including phenoxy) is 1. The smallest absolute Gasteiger partial charge is 0.331 e. The monoisotopic (exact) mass is 319 g/mol. The second-order valence-corrected chi connectivity index (χ2v) is 7.72. The van der Waals surface area contributed by atoms with E-state index in [1.807, 2.05) is 0 Å². The van der Waals surface area contributed by atoms with E-state index in [0.29, 0.717) is 0 Å². The van der Waals surface area contributed by atoms with Crippen LogP contribution in [-0.4, -0.2) is 50.4 Å². The van der Waals surface area contributed by atoms with Crippen molar-refractivity contribution >= 4 is 33.1 Å². The molecule has 0 aromatic carbocycles. The highest BCUT2D eigenvalue weighted by molar-refractivity contribution is 7.92. The molecule has 2 heterocycles. The second kappa shape index (κ2) is 5.15. The van der Waals surface area contributed by atoms with Gasteiger partial charge in [-0.15, -0.1) is 11.3 Å². The number of hydrogen-bond donors (Lipinski definition) is 2. The van der Waals surface area contributed by atoms with Crippen LogP contribution in [0.25, 0.3) is 0 Å². The van der Waals surface area contributed by atoms with Gasteiger partial charge in [-0.3, -0.25) is 4.79 Å². The molecule has 110 valence electrons. The van der Waals surface area contributed by atoms with Crippen LogP contribution in [0.2, 0.25) is 0 Å². The van der Waals surface area contributed by atoms with E-state index >= 15 is 0 Å². The van der Waals surface area contributed by atoms with E-state index < -0.39 is 27.3 Å². The molecule has 1 aromatic heterocycles. The van der Waals surface area contributed by atoms with Crippen molar-refractivity contribution in [2.24, 2.45) is 0 Å². The van der Waals surface area contributed by atoms with Gasteiger partial charge in [0, 0.05) is 24.7 Å². The number of carbonyl (C=O) groups is 2. The minimum Gasteiger partial charge on any atom is -0.479 e. The third kappa shape index (κ3) is 2.84. The van der Waals surface area contributed by atoms with Crippen molar-refractivity contribution in [2.75, 3.05) is 19.5 Å². The van der Waals surface area contributed by atoms with Crippen LogP contribution in [0, 0.1) is 0 Å². The van der Waals surface area contributed by atoms with Crippen molar-refractivity contribution in [1.82, 2.24) is 5.32 Å². The summed E-state index contributed by atoms with van der Waals surface area (Å²) in [5.74, 6) is -1.79. The third-order valence-corrected chi connectivity index (χ3v) is 5.75. The van der Waals surface area contributed by atoms with Gasteiger partial charge in [0.1, 0.15) is 4.21 Å². The summed E-state index contributed by atoms with van der Waals surface area (Å²) in [5, 5.41) is 13.0. The summed E-state index contributed by atoms with van der Waals surface area (Å²) < 4.78 is 27.8. The van der Waals surface area contributed by atoms with Crippen molar-refractivity contribution in [1.29, 1.82) is 0 Å². The van der Waals surface area contributed by atoms with Gasteiger partial charge in [0.15, 0.2) is 15.4 Å². The fourth-order valence-corrected chi connectivity index (χ4v) is 3.60.